The molecule has 0 nitrogen and oxygen atoms in total. The SMILES string of the molecule is CC1C=CC([Si](C)(C)C)=CC1. The Kier molecular flexibility index (Phi) is 2.38. The van der Waals surface area contributed by atoms with Crippen LogP contribution in [-0.2, 0) is 0 Å². The Morgan fingerprint density at radius 2 is 2.00 bits per heavy atom. The monoisotopic (exact) mass is 166 g/mol. The van der Waals surface area contributed by atoms with E-state index in [0.29, 0.717) is 0 Å². The molecule has 0 aromatic heterocycles. The number of hydrogen-bond acceptors (Lipinski definition) is 0. The van der Waals surface area contributed by atoms with Crippen LogP contribution < -0.4 is 0 Å². The molecule has 1 aliphatic carbocycles. The topological polar surface area (TPSA) is 0 Å². The smallest absolute Gasteiger partial charge is 0.0771 e. The Hall–Kier alpha value is -0.303. The van der Waals surface area contributed by atoms with E-state index < -0.39 is 8.07 Å². The van der Waals surface area contributed by atoms with Crippen LogP contribution in [0.2, 0.25) is 19.6 Å². The average Bonchev–Trinajstić information content (AvgIpc) is 1.86. The largest absolute Gasteiger partial charge is 0.0847 e. The Morgan fingerprint density at radius 1 is 1.36 bits per heavy atom. The molecular formula is C10H18Si. The molecule has 1 unspecified atom stereocenters. The van der Waals surface area contributed by atoms with E-state index >= 15 is 0 Å². The molecule has 1 heteroatoms. The standard InChI is InChI=1S/C10H18Si/c1-9-5-7-10(8-6-9)11(2,3)4/h5,7-9H,6H2,1-4H3. The van der Waals surface area contributed by atoms with Crippen LogP contribution in [-0.4, -0.2) is 8.07 Å². The summed E-state index contributed by atoms with van der Waals surface area (Å²) in [5.74, 6) is 0.759. The van der Waals surface area contributed by atoms with E-state index in [4.69, 9.17) is 0 Å². The first kappa shape index (κ1) is 8.79. The summed E-state index contributed by atoms with van der Waals surface area (Å²) in [5, 5.41) is 1.62. The van der Waals surface area contributed by atoms with Crippen molar-refractivity contribution in [3.63, 3.8) is 0 Å². The van der Waals surface area contributed by atoms with Crippen LogP contribution in [0.4, 0.5) is 0 Å². The Bertz CT molecular complexity index is 193. The van der Waals surface area contributed by atoms with E-state index in [9.17, 15) is 0 Å². The van der Waals surface area contributed by atoms with Crippen LogP contribution >= 0.6 is 0 Å². The Morgan fingerprint density at radius 3 is 2.36 bits per heavy atom. The first-order valence-electron chi connectivity index (χ1n) is 4.39. The zero-order valence-corrected chi connectivity index (χ0v) is 9.02. The van der Waals surface area contributed by atoms with Gasteiger partial charge in [-0.25, -0.2) is 0 Å². The van der Waals surface area contributed by atoms with Gasteiger partial charge in [0.1, 0.15) is 0 Å². The molecular weight excluding hydrogens is 148 g/mol. The van der Waals surface area contributed by atoms with Crippen molar-refractivity contribution >= 4 is 8.07 Å². The minimum atomic E-state index is -1.01. The van der Waals surface area contributed by atoms with Crippen molar-refractivity contribution in [2.45, 2.75) is 33.0 Å². The summed E-state index contributed by atoms with van der Waals surface area (Å²) in [6.07, 6.45) is 8.35. The summed E-state index contributed by atoms with van der Waals surface area (Å²) in [4.78, 5) is 0. The Labute approximate surface area is 71.0 Å². The van der Waals surface area contributed by atoms with Gasteiger partial charge in [0.2, 0.25) is 0 Å². The van der Waals surface area contributed by atoms with Crippen molar-refractivity contribution in [1.82, 2.24) is 0 Å². The first-order valence-corrected chi connectivity index (χ1v) is 7.89. The van der Waals surface area contributed by atoms with E-state index in [1.165, 1.54) is 6.42 Å². The van der Waals surface area contributed by atoms with Gasteiger partial charge in [0, 0.05) is 0 Å². The van der Waals surface area contributed by atoms with Crippen molar-refractivity contribution in [1.29, 1.82) is 0 Å². The van der Waals surface area contributed by atoms with Crippen LogP contribution in [0, 0.1) is 5.92 Å². The summed E-state index contributed by atoms with van der Waals surface area (Å²) >= 11 is 0. The highest BCUT2D eigenvalue weighted by atomic mass is 28.3. The van der Waals surface area contributed by atoms with Gasteiger partial charge in [-0.3, -0.25) is 0 Å². The summed E-state index contributed by atoms with van der Waals surface area (Å²) in [6.45, 7) is 9.48. The van der Waals surface area contributed by atoms with Crippen molar-refractivity contribution in [2.75, 3.05) is 0 Å². The normalized spacial score (nSPS) is 25.1. The van der Waals surface area contributed by atoms with Crippen LogP contribution in [0.15, 0.2) is 23.4 Å². The second-order valence-corrected chi connectivity index (χ2v) is 9.56. The van der Waals surface area contributed by atoms with Crippen LogP contribution in [0.5, 0.6) is 0 Å². The molecule has 0 fully saturated rings. The molecule has 0 saturated heterocycles. The second-order valence-electron chi connectivity index (χ2n) is 4.48. The van der Waals surface area contributed by atoms with Gasteiger partial charge in [0.15, 0.2) is 0 Å². The van der Waals surface area contributed by atoms with Gasteiger partial charge in [-0.05, 0) is 12.3 Å². The highest BCUT2D eigenvalue weighted by Gasteiger charge is 2.18. The van der Waals surface area contributed by atoms with E-state index in [0.717, 1.165) is 5.92 Å². The van der Waals surface area contributed by atoms with Crippen molar-refractivity contribution in [3.05, 3.63) is 23.4 Å². The maximum atomic E-state index is 2.43. The molecule has 0 radical (unpaired) electrons. The highest BCUT2D eigenvalue weighted by molar-refractivity contribution is 6.83. The predicted octanol–water partition coefficient (Wildman–Crippen LogP) is 3.39. The fourth-order valence-corrected chi connectivity index (χ4v) is 2.61. The first-order chi connectivity index (χ1) is 5.00. The third-order valence-corrected chi connectivity index (χ3v) is 4.28. The van der Waals surface area contributed by atoms with Gasteiger partial charge in [0.25, 0.3) is 0 Å². The summed E-state index contributed by atoms with van der Waals surface area (Å²) in [5.41, 5.74) is 0. The minimum absolute atomic E-state index is 0.759. The lowest BCUT2D eigenvalue weighted by Crippen LogP contribution is -2.24. The van der Waals surface area contributed by atoms with Gasteiger partial charge in [-0.15, -0.1) is 0 Å². The highest BCUT2D eigenvalue weighted by Crippen LogP contribution is 2.23. The molecule has 1 atom stereocenters. The third kappa shape index (κ3) is 2.33. The van der Waals surface area contributed by atoms with Crippen LogP contribution in [0.25, 0.3) is 0 Å². The quantitative estimate of drug-likeness (QED) is 0.524. The lowest BCUT2D eigenvalue weighted by molar-refractivity contribution is 0.734. The summed E-state index contributed by atoms with van der Waals surface area (Å²) < 4.78 is 0. The molecule has 0 aliphatic heterocycles. The Balaban J connectivity index is 2.71. The van der Waals surface area contributed by atoms with Gasteiger partial charge in [-0.2, -0.15) is 0 Å². The molecule has 0 N–H and O–H groups in total. The van der Waals surface area contributed by atoms with E-state index in [1.807, 2.05) is 0 Å². The van der Waals surface area contributed by atoms with Gasteiger partial charge >= 0.3 is 0 Å². The fraction of sp³-hybridized carbons (Fsp3) is 0.600. The second kappa shape index (κ2) is 2.98. The predicted molar refractivity (Wildman–Crippen MR) is 54.4 cm³/mol. The van der Waals surface area contributed by atoms with Crippen molar-refractivity contribution < 1.29 is 0 Å². The van der Waals surface area contributed by atoms with Crippen LogP contribution in [0.1, 0.15) is 13.3 Å². The molecule has 0 aromatic carbocycles. The molecule has 0 aromatic rings. The molecule has 11 heavy (non-hydrogen) atoms. The number of rotatable bonds is 1. The van der Waals surface area contributed by atoms with Gasteiger partial charge in [0.05, 0.1) is 8.07 Å². The fourth-order valence-electron chi connectivity index (χ4n) is 1.28. The summed E-state index contributed by atoms with van der Waals surface area (Å²) in [7, 11) is -1.01. The van der Waals surface area contributed by atoms with Crippen molar-refractivity contribution in [2.24, 2.45) is 5.92 Å². The molecule has 0 amide bonds. The van der Waals surface area contributed by atoms with Crippen LogP contribution in [0.3, 0.4) is 0 Å². The van der Waals surface area contributed by atoms with Crippen molar-refractivity contribution in [3.8, 4) is 0 Å². The molecule has 62 valence electrons. The van der Waals surface area contributed by atoms with E-state index in [2.05, 4.69) is 44.8 Å². The molecule has 0 saturated carbocycles. The van der Waals surface area contributed by atoms with Gasteiger partial charge < -0.3 is 0 Å². The van der Waals surface area contributed by atoms with E-state index in [-0.39, 0.29) is 0 Å². The molecule has 0 spiro atoms. The zero-order valence-electron chi connectivity index (χ0n) is 8.02. The molecule has 1 rings (SSSR count). The number of hydrogen-bond donors (Lipinski definition) is 0. The lowest BCUT2D eigenvalue weighted by atomic mass is 10.0. The maximum Gasteiger partial charge on any atom is 0.0771 e. The third-order valence-electron chi connectivity index (χ3n) is 2.18. The number of allylic oxidation sites excluding steroid dienone is 4. The molecule has 1 aliphatic rings. The molecule has 0 heterocycles. The summed E-state index contributed by atoms with van der Waals surface area (Å²) in [6, 6.07) is 0. The zero-order chi connectivity index (χ0) is 8.48. The molecule has 0 bridgehead atoms. The maximum absolute atomic E-state index is 2.43. The average molecular weight is 166 g/mol. The van der Waals surface area contributed by atoms with Gasteiger partial charge in [-0.1, -0.05) is 50.0 Å². The van der Waals surface area contributed by atoms with E-state index in [1.54, 1.807) is 5.20 Å². The minimum Gasteiger partial charge on any atom is -0.0847 e. The lowest BCUT2D eigenvalue weighted by Gasteiger charge is -2.21.